The molecule has 0 aliphatic heterocycles. The molecule has 16 heavy (non-hydrogen) atoms. The first-order valence-electron chi connectivity index (χ1n) is 5.33. The highest BCUT2D eigenvalue weighted by molar-refractivity contribution is 5.11. The van der Waals surface area contributed by atoms with Gasteiger partial charge in [0.25, 0.3) is 0 Å². The lowest BCUT2D eigenvalue weighted by molar-refractivity contribution is 0.415. The molecular weight excluding hydrogens is 202 g/mol. The maximum atomic E-state index is 6.11. The van der Waals surface area contributed by atoms with E-state index in [0.717, 1.165) is 12.1 Å². The molecule has 84 valence electrons. The van der Waals surface area contributed by atoms with Gasteiger partial charge in [-0.15, -0.1) is 0 Å². The van der Waals surface area contributed by atoms with Crippen LogP contribution in [0.15, 0.2) is 37.1 Å². The lowest BCUT2D eigenvalue weighted by Crippen LogP contribution is -2.33. The molecule has 2 heterocycles. The summed E-state index contributed by atoms with van der Waals surface area (Å²) < 4.78 is 1.76. The van der Waals surface area contributed by atoms with Crippen molar-refractivity contribution < 1.29 is 0 Å². The molecule has 0 aliphatic carbocycles. The van der Waals surface area contributed by atoms with Crippen molar-refractivity contribution in [2.75, 3.05) is 0 Å². The van der Waals surface area contributed by atoms with Crippen LogP contribution in [0.3, 0.4) is 0 Å². The molecule has 0 bridgehead atoms. The first-order valence-corrected chi connectivity index (χ1v) is 5.33. The third-order valence-electron chi connectivity index (χ3n) is 2.59. The standard InChI is InChI=1S/C11H15N5/c1-2-9(12)11(16-8-13-7-15-16)10-5-3-4-6-14-10/h3-9,11H,2,12H2,1H3. The number of nitrogens with two attached hydrogens (primary N) is 1. The fourth-order valence-corrected chi connectivity index (χ4v) is 1.69. The summed E-state index contributed by atoms with van der Waals surface area (Å²) in [4.78, 5) is 8.29. The first kappa shape index (κ1) is 10.8. The number of hydrogen-bond donors (Lipinski definition) is 1. The van der Waals surface area contributed by atoms with Crippen molar-refractivity contribution in [3.8, 4) is 0 Å². The highest BCUT2D eigenvalue weighted by Gasteiger charge is 2.21. The Balaban J connectivity index is 2.36. The Morgan fingerprint density at radius 3 is 2.88 bits per heavy atom. The van der Waals surface area contributed by atoms with Gasteiger partial charge >= 0.3 is 0 Å². The zero-order chi connectivity index (χ0) is 11.4. The molecule has 2 unspecified atom stereocenters. The Morgan fingerprint density at radius 2 is 2.31 bits per heavy atom. The van der Waals surface area contributed by atoms with Gasteiger partial charge in [-0.2, -0.15) is 5.10 Å². The Kier molecular flexibility index (Phi) is 3.26. The largest absolute Gasteiger partial charge is 0.326 e. The Hall–Kier alpha value is -1.75. The molecule has 2 aromatic heterocycles. The van der Waals surface area contributed by atoms with Crippen LogP contribution in [0, 0.1) is 0 Å². The van der Waals surface area contributed by atoms with Crippen molar-refractivity contribution in [1.82, 2.24) is 19.7 Å². The van der Waals surface area contributed by atoms with Crippen LogP contribution in [0.5, 0.6) is 0 Å². The van der Waals surface area contributed by atoms with Crippen LogP contribution in [0.1, 0.15) is 25.1 Å². The van der Waals surface area contributed by atoms with Gasteiger partial charge in [-0.3, -0.25) is 4.98 Å². The van der Waals surface area contributed by atoms with Crippen LogP contribution in [0.2, 0.25) is 0 Å². The molecule has 2 aromatic rings. The van der Waals surface area contributed by atoms with E-state index in [4.69, 9.17) is 5.73 Å². The molecule has 0 aliphatic rings. The molecule has 2 rings (SSSR count). The normalized spacial score (nSPS) is 14.6. The maximum Gasteiger partial charge on any atom is 0.137 e. The Labute approximate surface area is 94.3 Å². The number of pyridine rings is 1. The van der Waals surface area contributed by atoms with Crippen molar-refractivity contribution in [3.63, 3.8) is 0 Å². The number of rotatable bonds is 4. The molecule has 0 saturated carbocycles. The monoisotopic (exact) mass is 217 g/mol. The zero-order valence-electron chi connectivity index (χ0n) is 9.19. The summed E-state index contributed by atoms with van der Waals surface area (Å²) in [7, 11) is 0. The summed E-state index contributed by atoms with van der Waals surface area (Å²) in [5.41, 5.74) is 7.03. The first-order chi connectivity index (χ1) is 7.83. The predicted molar refractivity (Wildman–Crippen MR) is 60.7 cm³/mol. The number of hydrogen-bond acceptors (Lipinski definition) is 4. The third kappa shape index (κ3) is 2.09. The van der Waals surface area contributed by atoms with Crippen molar-refractivity contribution in [2.24, 2.45) is 5.73 Å². The molecule has 0 amide bonds. The number of nitrogens with zero attached hydrogens (tertiary/aromatic N) is 4. The van der Waals surface area contributed by atoms with Crippen molar-refractivity contribution >= 4 is 0 Å². The summed E-state index contributed by atoms with van der Waals surface area (Å²) in [5.74, 6) is 0. The topological polar surface area (TPSA) is 69.6 Å². The molecule has 5 heteroatoms. The summed E-state index contributed by atoms with van der Waals surface area (Å²) >= 11 is 0. The van der Waals surface area contributed by atoms with E-state index in [-0.39, 0.29) is 12.1 Å². The third-order valence-corrected chi connectivity index (χ3v) is 2.59. The molecule has 2 atom stereocenters. The van der Waals surface area contributed by atoms with E-state index in [2.05, 4.69) is 22.0 Å². The second kappa shape index (κ2) is 4.85. The summed E-state index contributed by atoms with van der Waals surface area (Å²) in [6, 6.07) is 5.74. The SMILES string of the molecule is CCC(N)C(c1ccccn1)n1cncn1. The van der Waals surface area contributed by atoms with Crippen LogP contribution in [0.4, 0.5) is 0 Å². The molecule has 0 radical (unpaired) electrons. The van der Waals surface area contributed by atoms with Crippen LogP contribution >= 0.6 is 0 Å². The van der Waals surface area contributed by atoms with E-state index in [9.17, 15) is 0 Å². The van der Waals surface area contributed by atoms with E-state index in [1.807, 2.05) is 18.2 Å². The summed E-state index contributed by atoms with van der Waals surface area (Å²) in [5, 5.41) is 4.15. The van der Waals surface area contributed by atoms with Crippen LogP contribution in [0.25, 0.3) is 0 Å². The molecule has 0 aromatic carbocycles. The van der Waals surface area contributed by atoms with E-state index < -0.39 is 0 Å². The van der Waals surface area contributed by atoms with Gasteiger partial charge in [0.05, 0.1) is 5.69 Å². The van der Waals surface area contributed by atoms with E-state index in [1.54, 1.807) is 17.2 Å². The highest BCUT2D eigenvalue weighted by Crippen LogP contribution is 2.19. The molecule has 0 saturated heterocycles. The van der Waals surface area contributed by atoms with Gasteiger partial charge < -0.3 is 5.73 Å². The highest BCUT2D eigenvalue weighted by atomic mass is 15.3. The average Bonchev–Trinajstić information content (AvgIpc) is 2.84. The Morgan fingerprint density at radius 1 is 1.44 bits per heavy atom. The van der Waals surface area contributed by atoms with Crippen molar-refractivity contribution in [1.29, 1.82) is 0 Å². The molecular formula is C11H15N5. The quantitative estimate of drug-likeness (QED) is 0.829. The summed E-state index contributed by atoms with van der Waals surface area (Å²) in [6.07, 6.45) is 5.82. The zero-order valence-corrected chi connectivity index (χ0v) is 9.19. The molecule has 2 N–H and O–H groups in total. The van der Waals surface area contributed by atoms with E-state index >= 15 is 0 Å². The average molecular weight is 217 g/mol. The van der Waals surface area contributed by atoms with Gasteiger partial charge in [0, 0.05) is 12.2 Å². The van der Waals surface area contributed by atoms with Gasteiger partial charge in [-0.1, -0.05) is 13.0 Å². The minimum Gasteiger partial charge on any atom is -0.326 e. The lowest BCUT2D eigenvalue weighted by atomic mass is 10.0. The van der Waals surface area contributed by atoms with Crippen LogP contribution in [-0.2, 0) is 0 Å². The van der Waals surface area contributed by atoms with Gasteiger partial charge in [-0.25, -0.2) is 9.67 Å². The lowest BCUT2D eigenvalue weighted by Gasteiger charge is -2.22. The Bertz CT molecular complexity index is 411. The molecule has 5 nitrogen and oxygen atoms in total. The maximum absolute atomic E-state index is 6.11. The smallest absolute Gasteiger partial charge is 0.137 e. The second-order valence-electron chi connectivity index (χ2n) is 3.65. The number of aromatic nitrogens is 4. The molecule has 0 spiro atoms. The molecule has 0 fully saturated rings. The summed E-state index contributed by atoms with van der Waals surface area (Å²) in [6.45, 7) is 2.05. The van der Waals surface area contributed by atoms with E-state index in [1.165, 1.54) is 6.33 Å². The van der Waals surface area contributed by atoms with Gasteiger partial charge in [0.1, 0.15) is 18.7 Å². The second-order valence-corrected chi connectivity index (χ2v) is 3.65. The fraction of sp³-hybridized carbons (Fsp3) is 0.364. The van der Waals surface area contributed by atoms with Crippen LogP contribution < -0.4 is 5.73 Å². The fourth-order valence-electron chi connectivity index (χ4n) is 1.69. The van der Waals surface area contributed by atoms with Crippen LogP contribution in [-0.4, -0.2) is 25.8 Å². The minimum atomic E-state index is -0.0475. The predicted octanol–water partition coefficient (Wildman–Crippen LogP) is 1.000. The van der Waals surface area contributed by atoms with Gasteiger partial charge in [0.2, 0.25) is 0 Å². The minimum absolute atomic E-state index is 0.0170. The van der Waals surface area contributed by atoms with Gasteiger partial charge in [-0.05, 0) is 18.6 Å². The van der Waals surface area contributed by atoms with Crippen molar-refractivity contribution in [3.05, 3.63) is 42.7 Å². The van der Waals surface area contributed by atoms with E-state index in [0.29, 0.717) is 0 Å². The van der Waals surface area contributed by atoms with Gasteiger partial charge in [0.15, 0.2) is 0 Å². The van der Waals surface area contributed by atoms with Crippen molar-refractivity contribution in [2.45, 2.75) is 25.4 Å².